The van der Waals surface area contributed by atoms with Gasteiger partial charge in [0.25, 0.3) is 0 Å². The molecule has 1 fully saturated rings. The predicted octanol–water partition coefficient (Wildman–Crippen LogP) is 2.54. The largest absolute Gasteiger partial charge is 0.454 e. The number of ether oxygens (including phenoxy) is 1. The van der Waals surface area contributed by atoms with Crippen molar-refractivity contribution in [2.75, 3.05) is 5.32 Å². The monoisotopic (exact) mass is 319 g/mol. The van der Waals surface area contributed by atoms with Crippen LogP contribution >= 0.6 is 11.8 Å². The second-order valence-electron chi connectivity index (χ2n) is 5.49. The Hall–Kier alpha value is -1.82. The van der Waals surface area contributed by atoms with Crippen LogP contribution in [0.5, 0.6) is 0 Å². The zero-order chi connectivity index (χ0) is 15.5. The van der Waals surface area contributed by atoms with Crippen molar-refractivity contribution >= 4 is 35.1 Å². The van der Waals surface area contributed by atoms with Gasteiger partial charge in [0.05, 0.1) is 17.4 Å². The van der Waals surface area contributed by atoms with Gasteiger partial charge in [0.15, 0.2) is 11.9 Å². The molecule has 2 atom stereocenters. The number of para-hydroxylation sites is 1. The molecule has 0 aromatic heterocycles. The molecule has 3 rings (SSSR count). The summed E-state index contributed by atoms with van der Waals surface area (Å²) in [6.45, 7) is 0. The van der Waals surface area contributed by atoms with Gasteiger partial charge in [-0.2, -0.15) is 0 Å². The Balaban J connectivity index is 1.60. The van der Waals surface area contributed by atoms with Gasteiger partial charge in [-0.1, -0.05) is 12.1 Å². The SMILES string of the molecule is O=C(C[C@@H]1Sc2ccccc2NC1=O)O[C@H]1CCCCC1=O. The lowest BCUT2D eigenvalue weighted by Gasteiger charge is -2.25. The summed E-state index contributed by atoms with van der Waals surface area (Å²) in [6.07, 6.45) is 2.20. The number of carbonyl (C=O) groups is 3. The number of thioether (sulfide) groups is 1. The number of ketones is 1. The van der Waals surface area contributed by atoms with Crippen LogP contribution < -0.4 is 5.32 Å². The van der Waals surface area contributed by atoms with Crippen LogP contribution in [0, 0.1) is 0 Å². The van der Waals surface area contributed by atoms with Gasteiger partial charge in [-0.25, -0.2) is 0 Å². The molecule has 2 aliphatic rings. The van der Waals surface area contributed by atoms with Gasteiger partial charge < -0.3 is 10.1 Å². The smallest absolute Gasteiger partial charge is 0.308 e. The van der Waals surface area contributed by atoms with Gasteiger partial charge in [0.1, 0.15) is 0 Å². The van der Waals surface area contributed by atoms with Crippen molar-refractivity contribution in [1.29, 1.82) is 0 Å². The minimum Gasteiger partial charge on any atom is -0.454 e. The highest BCUT2D eigenvalue weighted by atomic mass is 32.2. The highest BCUT2D eigenvalue weighted by Gasteiger charge is 2.32. The number of rotatable bonds is 3. The number of anilines is 1. The number of fused-ring (bicyclic) bond motifs is 1. The number of hydrogen-bond donors (Lipinski definition) is 1. The van der Waals surface area contributed by atoms with Crippen LogP contribution in [-0.4, -0.2) is 29.0 Å². The highest BCUT2D eigenvalue weighted by molar-refractivity contribution is 8.01. The molecule has 6 heteroatoms. The van der Waals surface area contributed by atoms with Crippen molar-refractivity contribution < 1.29 is 19.1 Å². The Morgan fingerprint density at radius 2 is 2.09 bits per heavy atom. The third-order valence-corrected chi connectivity index (χ3v) is 5.11. The Morgan fingerprint density at radius 3 is 2.91 bits per heavy atom. The molecule has 1 aromatic rings. The zero-order valence-corrected chi connectivity index (χ0v) is 12.9. The van der Waals surface area contributed by atoms with Crippen LogP contribution in [0.3, 0.4) is 0 Å². The molecule has 1 N–H and O–H groups in total. The maximum atomic E-state index is 12.0. The fraction of sp³-hybridized carbons (Fsp3) is 0.438. The molecule has 5 nitrogen and oxygen atoms in total. The van der Waals surface area contributed by atoms with E-state index < -0.39 is 17.3 Å². The maximum Gasteiger partial charge on any atom is 0.308 e. The third-order valence-electron chi connectivity index (χ3n) is 3.83. The van der Waals surface area contributed by atoms with E-state index in [-0.39, 0.29) is 18.1 Å². The van der Waals surface area contributed by atoms with E-state index in [9.17, 15) is 14.4 Å². The third kappa shape index (κ3) is 3.32. The summed E-state index contributed by atoms with van der Waals surface area (Å²) in [5, 5.41) is 2.28. The van der Waals surface area contributed by atoms with E-state index in [1.54, 1.807) is 0 Å². The van der Waals surface area contributed by atoms with Crippen molar-refractivity contribution in [3.05, 3.63) is 24.3 Å². The van der Waals surface area contributed by atoms with Crippen molar-refractivity contribution in [3.63, 3.8) is 0 Å². The van der Waals surface area contributed by atoms with Crippen LogP contribution in [0.4, 0.5) is 5.69 Å². The van der Waals surface area contributed by atoms with Gasteiger partial charge in [-0.3, -0.25) is 14.4 Å². The van der Waals surface area contributed by atoms with Gasteiger partial charge in [-0.05, 0) is 31.4 Å². The van der Waals surface area contributed by atoms with E-state index in [0.29, 0.717) is 12.8 Å². The van der Waals surface area contributed by atoms with Crippen molar-refractivity contribution in [2.24, 2.45) is 0 Å². The summed E-state index contributed by atoms with van der Waals surface area (Å²) < 4.78 is 5.26. The van der Waals surface area contributed by atoms with Crippen LogP contribution in [0.1, 0.15) is 32.1 Å². The minimum absolute atomic E-state index is 0.00862. The Labute approximate surface area is 132 Å². The van der Waals surface area contributed by atoms with Crippen LogP contribution in [0.25, 0.3) is 0 Å². The lowest BCUT2D eigenvalue weighted by molar-refractivity contribution is -0.157. The number of amides is 1. The van der Waals surface area contributed by atoms with Gasteiger partial charge in [0, 0.05) is 11.3 Å². The first kappa shape index (κ1) is 15.1. The summed E-state index contributed by atoms with van der Waals surface area (Å²) >= 11 is 1.36. The van der Waals surface area contributed by atoms with Crippen molar-refractivity contribution in [1.82, 2.24) is 0 Å². The van der Waals surface area contributed by atoms with Crippen molar-refractivity contribution in [3.8, 4) is 0 Å². The number of benzene rings is 1. The van der Waals surface area contributed by atoms with E-state index in [4.69, 9.17) is 4.74 Å². The van der Waals surface area contributed by atoms with Crippen molar-refractivity contribution in [2.45, 2.75) is 48.4 Å². The Morgan fingerprint density at radius 1 is 1.27 bits per heavy atom. The van der Waals surface area contributed by atoms with E-state index in [2.05, 4.69) is 5.32 Å². The molecule has 1 aromatic carbocycles. The molecule has 1 saturated carbocycles. The molecule has 116 valence electrons. The lowest BCUT2D eigenvalue weighted by atomic mass is 9.96. The standard InChI is InChI=1S/C16H17NO4S/c18-11-6-2-3-7-12(11)21-15(19)9-14-16(20)17-10-5-1-4-8-13(10)22-14/h1,4-5,8,12,14H,2-3,6-7,9H2,(H,17,20)/t12-,14-/m0/s1. The average Bonchev–Trinajstić information content (AvgIpc) is 2.50. The minimum atomic E-state index is -0.620. The molecule has 22 heavy (non-hydrogen) atoms. The van der Waals surface area contributed by atoms with Crippen LogP contribution in [0.15, 0.2) is 29.2 Å². The number of Topliss-reactive ketones (excluding diaryl/α,β-unsaturated/α-hetero) is 1. The van der Waals surface area contributed by atoms with Gasteiger partial charge >= 0.3 is 5.97 Å². The molecule has 0 unspecified atom stereocenters. The molecule has 0 radical (unpaired) electrons. The molecule has 1 aliphatic carbocycles. The first-order chi connectivity index (χ1) is 10.6. The zero-order valence-electron chi connectivity index (χ0n) is 12.0. The summed E-state index contributed by atoms with van der Waals surface area (Å²) in [5.74, 6) is -0.686. The maximum absolute atomic E-state index is 12.0. The first-order valence-corrected chi connectivity index (χ1v) is 8.30. The summed E-state index contributed by atoms with van der Waals surface area (Å²) in [7, 11) is 0. The molecule has 1 aliphatic heterocycles. The lowest BCUT2D eigenvalue weighted by Crippen LogP contribution is -2.34. The van der Waals surface area contributed by atoms with Gasteiger partial charge in [-0.15, -0.1) is 11.8 Å². The van der Waals surface area contributed by atoms with E-state index >= 15 is 0 Å². The molecule has 0 bridgehead atoms. The normalized spacial score (nSPS) is 24.4. The Bertz CT molecular complexity index is 616. The second kappa shape index (κ2) is 6.52. The fourth-order valence-electron chi connectivity index (χ4n) is 2.66. The molecule has 1 heterocycles. The summed E-state index contributed by atoms with van der Waals surface area (Å²) in [6, 6.07) is 7.47. The number of esters is 1. The quantitative estimate of drug-likeness (QED) is 0.867. The number of nitrogens with one attached hydrogen (secondary N) is 1. The molecule has 0 spiro atoms. The predicted molar refractivity (Wildman–Crippen MR) is 82.7 cm³/mol. The first-order valence-electron chi connectivity index (χ1n) is 7.42. The molecule has 1 amide bonds. The number of hydrogen-bond acceptors (Lipinski definition) is 5. The Kier molecular flexibility index (Phi) is 4.47. The summed E-state index contributed by atoms with van der Waals surface area (Å²) in [5.41, 5.74) is 0.768. The molecular weight excluding hydrogens is 302 g/mol. The topological polar surface area (TPSA) is 72.5 Å². The van der Waals surface area contributed by atoms with E-state index in [0.717, 1.165) is 23.4 Å². The summed E-state index contributed by atoms with van der Waals surface area (Å²) in [4.78, 5) is 36.7. The molecule has 0 saturated heterocycles. The molecular formula is C16H17NO4S. The average molecular weight is 319 g/mol. The van der Waals surface area contributed by atoms with Gasteiger partial charge in [0.2, 0.25) is 5.91 Å². The highest BCUT2D eigenvalue weighted by Crippen LogP contribution is 2.36. The van der Waals surface area contributed by atoms with E-state index in [1.807, 2.05) is 24.3 Å². The fourth-order valence-corrected chi connectivity index (χ4v) is 3.76. The van der Waals surface area contributed by atoms with E-state index in [1.165, 1.54) is 11.8 Å². The van der Waals surface area contributed by atoms with Crippen LogP contribution in [0.2, 0.25) is 0 Å². The number of carbonyl (C=O) groups excluding carboxylic acids is 3. The second-order valence-corrected chi connectivity index (χ2v) is 6.73. The van der Waals surface area contributed by atoms with Crippen LogP contribution in [-0.2, 0) is 19.1 Å².